The topological polar surface area (TPSA) is 81.4 Å². The SMILES string of the molecule is Cc1c(N)cccc1C(=O)O[C@@H](C)C(=O)NC1CC1. The van der Waals surface area contributed by atoms with E-state index < -0.39 is 12.1 Å². The smallest absolute Gasteiger partial charge is 0.339 e. The van der Waals surface area contributed by atoms with Crippen molar-refractivity contribution in [3.05, 3.63) is 29.3 Å². The lowest BCUT2D eigenvalue weighted by atomic mass is 10.1. The second kappa shape index (κ2) is 5.30. The minimum absolute atomic E-state index is 0.252. The van der Waals surface area contributed by atoms with Gasteiger partial charge in [0.15, 0.2) is 6.10 Å². The summed E-state index contributed by atoms with van der Waals surface area (Å²) in [6.45, 7) is 3.32. The van der Waals surface area contributed by atoms with E-state index in [9.17, 15) is 9.59 Å². The summed E-state index contributed by atoms with van der Waals surface area (Å²) in [5.74, 6) is -0.777. The molecular weight excluding hydrogens is 244 g/mol. The third-order valence-electron chi connectivity index (χ3n) is 3.17. The Morgan fingerprint density at radius 3 is 2.74 bits per heavy atom. The Morgan fingerprint density at radius 2 is 2.11 bits per heavy atom. The monoisotopic (exact) mass is 262 g/mol. The molecule has 0 bridgehead atoms. The lowest BCUT2D eigenvalue weighted by Gasteiger charge is -2.14. The van der Waals surface area contributed by atoms with Crippen molar-refractivity contribution in [2.45, 2.75) is 38.8 Å². The molecule has 2 rings (SSSR count). The predicted octanol–water partition coefficient (Wildman–Crippen LogP) is 1.40. The molecule has 0 heterocycles. The zero-order valence-electron chi connectivity index (χ0n) is 11.1. The fourth-order valence-corrected chi connectivity index (χ4v) is 1.70. The molecule has 0 aromatic heterocycles. The first-order chi connectivity index (χ1) is 8.99. The summed E-state index contributed by atoms with van der Waals surface area (Å²) in [4.78, 5) is 23.7. The first-order valence-corrected chi connectivity index (χ1v) is 6.35. The lowest BCUT2D eigenvalue weighted by molar-refractivity contribution is -0.129. The van der Waals surface area contributed by atoms with Crippen LogP contribution < -0.4 is 11.1 Å². The van der Waals surface area contributed by atoms with Gasteiger partial charge in [0.05, 0.1) is 5.56 Å². The molecule has 1 aliphatic rings. The number of hydrogen-bond acceptors (Lipinski definition) is 4. The van der Waals surface area contributed by atoms with E-state index in [0.717, 1.165) is 12.8 Å². The number of hydrogen-bond donors (Lipinski definition) is 2. The van der Waals surface area contributed by atoms with Crippen molar-refractivity contribution in [2.24, 2.45) is 0 Å². The molecule has 0 saturated heterocycles. The maximum Gasteiger partial charge on any atom is 0.339 e. The van der Waals surface area contributed by atoms with Gasteiger partial charge in [-0.25, -0.2) is 4.79 Å². The second-order valence-corrected chi connectivity index (χ2v) is 4.85. The summed E-state index contributed by atoms with van der Waals surface area (Å²) in [7, 11) is 0. The highest BCUT2D eigenvalue weighted by Crippen LogP contribution is 2.20. The zero-order chi connectivity index (χ0) is 14.0. The number of nitrogen functional groups attached to an aromatic ring is 1. The second-order valence-electron chi connectivity index (χ2n) is 4.85. The van der Waals surface area contributed by atoms with Gasteiger partial charge in [0.2, 0.25) is 0 Å². The number of ether oxygens (including phenoxy) is 1. The third-order valence-corrected chi connectivity index (χ3v) is 3.17. The van der Waals surface area contributed by atoms with Crippen molar-refractivity contribution in [3.8, 4) is 0 Å². The molecule has 0 radical (unpaired) electrons. The summed E-state index contributed by atoms with van der Waals surface area (Å²) >= 11 is 0. The van der Waals surface area contributed by atoms with Gasteiger partial charge in [-0.1, -0.05) is 6.07 Å². The molecule has 5 heteroatoms. The number of esters is 1. The molecule has 0 spiro atoms. The average molecular weight is 262 g/mol. The van der Waals surface area contributed by atoms with E-state index in [1.807, 2.05) is 0 Å². The number of amides is 1. The normalized spacial score (nSPS) is 15.7. The number of rotatable bonds is 4. The highest BCUT2D eigenvalue weighted by Gasteiger charge is 2.27. The maximum absolute atomic E-state index is 12.0. The van der Waals surface area contributed by atoms with E-state index in [2.05, 4.69) is 5.32 Å². The number of anilines is 1. The number of carbonyl (C=O) groups excluding carboxylic acids is 2. The molecule has 1 aromatic rings. The molecule has 1 aromatic carbocycles. The molecule has 0 aliphatic heterocycles. The standard InChI is InChI=1S/C14H18N2O3/c1-8-11(4-3-5-12(8)15)14(18)19-9(2)13(17)16-10-6-7-10/h3-5,9-10H,6-7,15H2,1-2H3,(H,16,17)/t9-/m0/s1. The molecular formula is C14H18N2O3. The Labute approximate surface area is 112 Å². The van der Waals surface area contributed by atoms with E-state index in [4.69, 9.17) is 10.5 Å². The molecule has 1 saturated carbocycles. The van der Waals surface area contributed by atoms with Gasteiger partial charge in [-0.05, 0) is 44.4 Å². The number of nitrogens with two attached hydrogens (primary N) is 1. The van der Waals surface area contributed by atoms with Crippen molar-refractivity contribution in [1.29, 1.82) is 0 Å². The number of benzene rings is 1. The molecule has 1 amide bonds. The van der Waals surface area contributed by atoms with E-state index >= 15 is 0 Å². The fourth-order valence-electron chi connectivity index (χ4n) is 1.70. The van der Waals surface area contributed by atoms with Crippen LogP contribution in [0.4, 0.5) is 5.69 Å². The molecule has 5 nitrogen and oxygen atoms in total. The van der Waals surface area contributed by atoms with Crippen LogP contribution in [0.25, 0.3) is 0 Å². The van der Waals surface area contributed by atoms with Crippen molar-refractivity contribution in [1.82, 2.24) is 5.32 Å². The van der Waals surface area contributed by atoms with E-state index in [1.54, 1.807) is 32.0 Å². The summed E-state index contributed by atoms with van der Waals surface area (Å²) in [6.07, 6.45) is 1.20. The summed E-state index contributed by atoms with van der Waals surface area (Å²) in [6, 6.07) is 5.30. The summed E-state index contributed by atoms with van der Waals surface area (Å²) in [5, 5.41) is 2.80. The highest BCUT2D eigenvalue weighted by atomic mass is 16.5. The molecule has 19 heavy (non-hydrogen) atoms. The molecule has 1 aliphatic carbocycles. The lowest BCUT2D eigenvalue weighted by Crippen LogP contribution is -2.37. The van der Waals surface area contributed by atoms with E-state index in [0.29, 0.717) is 16.8 Å². The highest BCUT2D eigenvalue weighted by molar-refractivity contribution is 5.94. The molecule has 102 valence electrons. The van der Waals surface area contributed by atoms with Crippen LogP contribution >= 0.6 is 0 Å². The first-order valence-electron chi connectivity index (χ1n) is 6.35. The summed E-state index contributed by atoms with van der Waals surface area (Å²) in [5.41, 5.74) is 7.33. The molecule has 0 unspecified atom stereocenters. The van der Waals surface area contributed by atoms with Crippen molar-refractivity contribution < 1.29 is 14.3 Å². The van der Waals surface area contributed by atoms with E-state index in [1.165, 1.54) is 0 Å². The van der Waals surface area contributed by atoms with Gasteiger partial charge in [0, 0.05) is 11.7 Å². The van der Waals surface area contributed by atoms with Crippen LogP contribution in [-0.4, -0.2) is 24.0 Å². The van der Waals surface area contributed by atoms with Crippen LogP contribution in [0.1, 0.15) is 35.7 Å². The first kappa shape index (κ1) is 13.4. The van der Waals surface area contributed by atoms with Gasteiger partial charge in [0.1, 0.15) is 0 Å². The van der Waals surface area contributed by atoms with Gasteiger partial charge in [0.25, 0.3) is 5.91 Å². The Balaban J connectivity index is 1.99. The van der Waals surface area contributed by atoms with Crippen molar-refractivity contribution >= 4 is 17.6 Å². The van der Waals surface area contributed by atoms with Gasteiger partial charge < -0.3 is 15.8 Å². The minimum atomic E-state index is -0.797. The number of nitrogens with one attached hydrogen (secondary N) is 1. The third kappa shape index (κ3) is 3.24. The van der Waals surface area contributed by atoms with Gasteiger partial charge in [-0.3, -0.25) is 4.79 Å². The zero-order valence-corrected chi connectivity index (χ0v) is 11.1. The van der Waals surface area contributed by atoms with Crippen LogP contribution in [-0.2, 0) is 9.53 Å². The van der Waals surface area contributed by atoms with Crippen molar-refractivity contribution in [3.63, 3.8) is 0 Å². The number of carbonyl (C=O) groups is 2. The molecule has 3 N–H and O–H groups in total. The fraction of sp³-hybridized carbons (Fsp3) is 0.429. The van der Waals surface area contributed by atoms with E-state index in [-0.39, 0.29) is 11.9 Å². The Morgan fingerprint density at radius 1 is 1.42 bits per heavy atom. The minimum Gasteiger partial charge on any atom is -0.449 e. The largest absolute Gasteiger partial charge is 0.449 e. The van der Waals surface area contributed by atoms with Gasteiger partial charge in [-0.2, -0.15) is 0 Å². The Bertz CT molecular complexity index is 509. The molecule has 1 atom stereocenters. The quantitative estimate of drug-likeness (QED) is 0.635. The predicted molar refractivity (Wildman–Crippen MR) is 71.6 cm³/mol. The summed E-state index contributed by atoms with van der Waals surface area (Å²) < 4.78 is 5.16. The average Bonchev–Trinajstić information content (AvgIpc) is 3.16. The van der Waals surface area contributed by atoms with Crippen LogP contribution in [0.15, 0.2) is 18.2 Å². The van der Waals surface area contributed by atoms with Gasteiger partial charge >= 0.3 is 5.97 Å². The Hall–Kier alpha value is -2.04. The van der Waals surface area contributed by atoms with Gasteiger partial charge in [-0.15, -0.1) is 0 Å². The maximum atomic E-state index is 12.0. The van der Waals surface area contributed by atoms with Crippen LogP contribution in [0.5, 0.6) is 0 Å². The Kier molecular flexibility index (Phi) is 3.74. The van der Waals surface area contributed by atoms with Crippen LogP contribution in [0, 0.1) is 6.92 Å². The van der Waals surface area contributed by atoms with Crippen LogP contribution in [0.2, 0.25) is 0 Å². The van der Waals surface area contributed by atoms with Crippen molar-refractivity contribution in [2.75, 3.05) is 5.73 Å². The van der Waals surface area contributed by atoms with Crippen LogP contribution in [0.3, 0.4) is 0 Å². The molecule has 1 fully saturated rings.